The van der Waals surface area contributed by atoms with Crippen LogP contribution in [0, 0.1) is 0 Å². The van der Waals surface area contributed by atoms with Crippen LogP contribution in [0.2, 0.25) is 5.02 Å². The quantitative estimate of drug-likeness (QED) is 0.851. The fourth-order valence-electron chi connectivity index (χ4n) is 1.38. The lowest BCUT2D eigenvalue weighted by molar-refractivity contribution is 0.0607. The van der Waals surface area contributed by atoms with Crippen LogP contribution in [0.25, 0.3) is 11.3 Å². The van der Waals surface area contributed by atoms with Crippen LogP contribution in [-0.2, 0) is 4.74 Å². The molecular formula is C11H9ClN2O2S. The van der Waals surface area contributed by atoms with Gasteiger partial charge in [-0.05, 0) is 17.6 Å². The Bertz CT molecular complexity index is 568. The van der Waals surface area contributed by atoms with Gasteiger partial charge in [0.05, 0.1) is 17.8 Å². The Morgan fingerprint density at radius 2 is 2.18 bits per heavy atom. The Labute approximate surface area is 107 Å². The maximum atomic E-state index is 11.4. The highest BCUT2D eigenvalue weighted by Crippen LogP contribution is 2.34. The fourth-order valence-corrected chi connectivity index (χ4v) is 2.34. The Kier molecular flexibility index (Phi) is 3.31. The normalized spacial score (nSPS) is 10.2. The summed E-state index contributed by atoms with van der Waals surface area (Å²) in [5, 5.41) is 0.543. The van der Waals surface area contributed by atoms with Gasteiger partial charge in [0.2, 0.25) is 0 Å². The zero-order valence-corrected chi connectivity index (χ0v) is 10.5. The number of carbonyl (C=O) groups excluding carboxylic acids is 1. The van der Waals surface area contributed by atoms with E-state index in [9.17, 15) is 4.79 Å². The summed E-state index contributed by atoms with van der Waals surface area (Å²) in [6.45, 7) is 0. The van der Waals surface area contributed by atoms with Crippen molar-refractivity contribution in [3.8, 4) is 11.3 Å². The van der Waals surface area contributed by atoms with Crippen molar-refractivity contribution in [1.82, 2.24) is 4.37 Å². The van der Waals surface area contributed by atoms with Crippen molar-refractivity contribution in [3.63, 3.8) is 0 Å². The van der Waals surface area contributed by atoms with Crippen LogP contribution < -0.4 is 5.73 Å². The van der Waals surface area contributed by atoms with Gasteiger partial charge in [0.1, 0.15) is 5.69 Å². The molecule has 0 spiro atoms. The van der Waals surface area contributed by atoms with Crippen molar-refractivity contribution >= 4 is 34.8 Å². The first-order chi connectivity index (χ1) is 8.15. The van der Waals surface area contributed by atoms with Crippen molar-refractivity contribution in [2.75, 3.05) is 12.8 Å². The van der Waals surface area contributed by atoms with E-state index in [0.717, 1.165) is 11.5 Å². The number of carbonyl (C=O) groups is 1. The molecule has 0 radical (unpaired) electrons. The van der Waals surface area contributed by atoms with Crippen molar-refractivity contribution in [1.29, 1.82) is 0 Å². The number of nitrogens with zero attached hydrogens (tertiary/aromatic N) is 1. The summed E-state index contributed by atoms with van der Waals surface area (Å²) in [5.41, 5.74) is 7.39. The highest BCUT2D eigenvalue weighted by molar-refractivity contribution is 7.09. The molecule has 0 saturated heterocycles. The van der Waals surface area contributed by atoms with Gasteiger partial charge in [0.15, 0.2) is 4.88 Å². The van der Waals surface area contributed by atoms with E-state index in [0.29, 0.717) is 26.8 Å². The number of esters is 1. The van der Waals surface area contributed by atoms with Crippen molar-refractivity contribution in [2.45, 2.75) is 0 Å². The van der Waals surface area contributed by atoms with Crippen LogP contribution in [0.1, 0.15) is 9.67 Å². The molecule has 0 atom stereocenters. The minimum absolute atomic E-state index is 0.294. The van der Waals surface area contributed by atoms with E-state index in [1.165, 1.54) is 7.11 Å². The van der Waals surface area contributed by atoms with E-state index in [1.54, 1.807) is 12.1 Å². The standard InChI is InChI=1S/C11H9ClN2O2S/c1-16-11(15)10-8(13)9(14-17-10)6-4-2-3-5-7(6)12/h2-5H,13H2,1H3. The van der Waals surface area contributed by atoms with Crippen LogP contribution in [-0.4, -0.2) is 17.5 Å². The second kappa shape index (κ2) is 4.73. The van der Waals surface area contributed by atoms with Gasteiger partial charge in [-0.1, -0.05) is 29.8 Å². The van der Waals surface area contributed by atoms with E-state index in [-0.39, 0.29) is 0 Å². The number of hydrogen-bond acceptors (Lipinski definition) is 5. The second-order valence-corrected chi connectivity index (χ2v) is 4.43. The highest BCUT2D eigenvalue weighted by Gasteiger charge is 2.19. The number of rotatable bonds is 2. The summed E-state index contributed by atoms with van der Waals surface area (Å²) in [6, 6.07) is 7.19. The number of hydrogen-bond donors (Lipinski definition) is 1. The number of ether oxygens (including phenoxy) is 1. The summed E-state index contributed by atoms with van der Waals surface area (Å²) < 4.78 is 8.76. The summed E-state index contributed by atoms with van der Waals surface area (Å²) in [4.78, 5) is 11.7. The number of nitrogens with two attached hydrogens (primary N) is 1. The molecule has 4 nitrogen and oxygen atoms in total. The minimum atomic E-state index is -0.488. The lowest BCUT2D eigenvalue weighted by Gasteiger charge is -2.01. The van der Waals surface area contributed by atoms with Gasteiger partial charge in [0.25, 0.3) is 0 Å². The van der Waals surface area contributed by atoms with Gasteiger partial charge in [0, 0.05) is 5.56 Å². The molecule has 0 bridgehead atoms. The Morgan fingerprint density at radius 3 is 2.82 bits per heavy atom. The summed E-state index contributed by atoms with van der Waals surface area (Å²) in [6.07, 6.45) is 0. The van der Waals surface area contributed by atoms with E-state index in [1.807, 2.05) is 12.1 Å². The number of halogens is 1. The molecule has 0 unspecified atom stereocenters. The number of methoxy groups -OCH3 is 1. The molecule has 2 N–H and O–H groups in total. The second-order valence-electron chi connectivity index (χ2n) is 3.25. The zero-order chi connectivity index (χ0) is 12.4. The summed E-state index contributed by atoms with van der Waals surface area (Å²) in [5.74, 6) is -0.488. The molecule has 1 aromatic heterocycles. The van der Waals surface area contributed by atoms with Crippen molar-refractivity contribution in [2.24, 2.45) is 0 Å². The third-order valence-corrected chi connectivity index (χ3v) is 3.40. The third-order valence-electron chi connectivity index (χ3n) is 2.23. The smallest absolute Gasteiger partial charge is 0.351 e. The SMILES string of the molecule is COC(=O)c1snc(-c2ccccc2Cl)c1N. The largest absolute Gasteiger partial charge is 0.465 e. The van der Waals surface area contributed by atoms with E-state index in [4.69, 9.17) is 17.3 Å². The van der Waals surface area contributed by atoms with Crippen LogP contribution in [0.15, 0.2) is 24.3 Å². The highest BCUT2D eigenvalue weighted by atomic mass is 35.5. The van der Waals surface area contributed by atoms with Gasteiger partial charge >= 0.3 is 5.97 Å². The molecule has 2 aromatic rings. The fraction of sp³-hybridized carbons (Fsp3) is 0.0909. The number of anilines is 1. The zero-order valence-electron chi connectivity index (χ0n) is 8.94. The first kappa shape index (κ1) is 11.9. The Morgan fingerprint density at radius 1 is 1.47 bits per heavy atom. The van der Waals surface area contributed by atoms with Crippen LogP contribution in [0.4, 0.5) is 5.69 Å². The van der Waals surface area contributed by atoms with Gasteiger partial charge in [-0.2, -0.15) is 4.37 Å². The monoisotopic (exact) mass is 268 g/mol. The molecule has 0 aliphatic carbocycles. The van der Waals surface area contributed by atoms with Crippen LogP contribution in [0.3, 0.4) is 0 Å². The van der Waals surface area contributed by atoms with Gasteiger partial charge in [-0.15, -0.1) is 0 Å². The molecule has 17 heavy (non-hydrogen) atoms. The lowest BCUT2D eigenvalue weighted by Crippen LogP contribution is -2.02. The Balaban J connectivity index is 2.52. The molecular weight excluding hydrogens is 260 g/mol. The van der Waals surface area contributed by atoms with Crippen molar-refractivity contribution < 1.29 is 9.53 Å². The molecule has 1 aromatic carbocycles. The molecule has 0 amide bonds. The summed E-state index contributed by atoms with van der Waals surface area (Å²) >= 11 is 7.05. The third kappa shape index (κ3) is 2.11. The maximum absolute atomic E-state index is 11.4. The predicted octanol–water partition coefficient (Wildman–Crippen LogP) is 2.83. The topological polar surface area (TPSA) is 65.2 Å². The molecule has 0 aliphatic rings. The minimum Gasteiger partial charge on any atom is -0.465 e. The van der Waals surface area contributed by atoms with Crippen LogP contribution in [0.5, 0.6) is 0 Å². The number of aromatic nitrogens is 1. The molecule has 6 heteroatoms. The first-order valence-electron chi connectivity index (χ1n) is 4.73. The van der Waals surface area contributed by atoms with Gasteiger partial charge < -0.3 is 10.5 Å². The number of benzene rings is 1. The molecule has 0 aliphatic heterocycles. The summed E-state index contributed by atoms with van der Waals surface area (Å²) in [7, 11) is 1.30. The first-order valence-corrected chi connectivity index (χ1v) is 5.88. The lowest BCUT2D eigenvalue weighted by atomic mass is 10.1. The average molecular weight is 269 g/mol. The van der Waals surface area contributed by atoms with E-state index in [2.05, 4.69) is 9.11 Å². The predicted molar refractivity (Wildman–Crippen MR) is 68.3 cm³/mol. The molecule has 88 valence electrons. The van der Waals surface area contributed by atoms with Gasteiger partial charge in [-0.3, -0.25) is 0 Å². The van der Waals surface area contributed by atoms with Gasteiger partial charge in [-0.25, -0.2) is 4.79 Å². The van der Waals surface area contributed by atoms with Crippen LogP contribution >= 0.6 is 23.1 Å². The average Bonchev–Trinajstić information content (AvgIpc) is 2.71. The van der Waals surface area contributed by atoms with E-state index < -0.39 is 5.97 Å². The molecule has 0 saturated carbocycles. The Hall–Kier alpha value is -1.59. The molecule has 1 heterocycles. The maximum Gasteiger partial charge on any atom is 0.351 e. The van der Waals surface area contributed by atoms with Crippen molar-refractivity contribution in [3.05, 3.63) is 34.2 Å². The molecule has 0 fully saturated rings. The molecule has 2 rings (SSSR count). The van der Waals surface area contributed by atoms with E-state index >= 15 is 0 Å². The number of nitrogen functional groups attached to an aromatic ring is 1.